The van der Waals surface area contributed by atoms with Crippen molar-refractivity contribution in [3.05, 3.63) is 65.7 Å². The lowest BCUT2D eigenvalue weighted by Crippen LogP contribution is -2.50. The molecule has 0 aliphatic carbocycles. The molecule has 166 valence electrons. The second kappa shape index (κ2) is 9.93. The number of sulfonamides is 1. The number of rotatable bonds is 6. The summed E-state index contributed by atoms with van der Waals surface area (Å²) in [5.41, 5.74) is 1.31. The molecule has 8 nitrogen and oxygen atoms in total. The van der Waals surface area contributed by atoms with E-state index >= 15 is 0 Å². The average molecular weight is 446 g/mol. The molecular formula is C22H27N3O5S. The standard InChI is InChI=1S/C22H27N3O5S/c1-3-30-22(27)25-15-13-24(14-16-25)21(26)19-11-9-18(10-12-19)17-23(2)31(28,29)20-7-5-4-6-8-20/h4-12H,3,13-17H2,1-2H3. The molecule has 1 heterocycles. The Morgan fingerprint density at radius 2 is 1.52 bits per heavy atom. The highest BCUT2D eigenvalue weighted by Gasteiger charge is 2.26. The molecule has 1 aliphatic rings. The van der Waals surface area contributed by atoms with Crippen LogP contribution in [0.5, 0.6) is 0 Å². The molecule has 9 heteroatoms. The van der Waals surface area contributed by atoms with E-state index < -0.39 is 10.0 Å². The average Bonchev–Trinajstić information content (AvgIpc) is 2.80. The number of amides is 2. The van der Waals surface area contributed by atoms with Crippen molar-refractivity contribution in [2.75, 3.05) is 39.8 Å². The predicted octanol–water partition coefficient (Wildman–Crippen LogP) is 2.42. The molecule has 2 aromatic rings. The maximum atomic E-state index is 12.8. The van der Waals surface area contributed by atoms with Crippen molar-refractivity contribution in [2.45, 2.75) is 18.4 Å². The van der Waals surface area contributed by atoms with Crippen LogP contribution in [0.4, 0.5) is 4.79 Å². The Hall–Kier alpha value is -2.91. The van der Waals surface area contributed by atoms with Crippen LogP contribution in [0.25, 0.3) is 0 Å². The molecule has 0 spiro atoms. The monoisotopic (exact) mass is 445 g/mol. The molecule has 2 aromatic carbocycles. The van der Waals surface area contributed by atoms with Crippen molar-refractivity contribution in [3.63, 3.8) is 0 Å². The van der Waals surface area contributed by atoms with Crippen LogP contribution in [0.15, 0.2) is 59.5 Å². The molecule has 0 saturated carbocycles. The first-order valence-corrected chi connectivity index (χ1v) is 11.6. The lowest BCUT2D eigenvalue weighted by Gasteiger charge is -2.34. The van der Waals surface area contributed by atoms with E-state index in [4.69, 9.17) is 4.74 Å². The van der Waals surface area contributed by atoms with Gasteiger partial charge >= 0.3 is 6.09 Å². The SMILES string of the molecule is CCOC(=O)N1CCN(C(=O)c2ccc(CN(C)S(=O)(=O)c3ccccc3)cc2)CC1. The number of carbonyl (C=O) groups is 2. The number of hydrogen-bond donors (Lipinski definition) is 0. The summed E-state index contributed by atoms with van der Waals surface area (Å²) in [6, 6.07) is 15.2. The van der Waals surface area contributed by atoms with E-state index in [1.165, 1.54) is 11.4 Å². The normalized spacial score (nSPS) is 14.5. The fourth-order valence-electron chi connectivity index (χ4n) is 3.36. The van der Waals surface area contributed by atoms with Crippen LogP contribution >= 0.6 is 0 Å². The van der Waals surface area contributed by atoms with E-state index in [1.807, 2.05) is 0 Å². The van der Waals surface area contributed by atoms with Gasteiger partial charge in [-0.3, -0.25) is 4.79 Å². The molecule has 0 aromatic heterocycles. The Kier molecular flexibility index (Phi) is 7.29. The van der Waals surface area contributed by atoms with Gasteiger partial charge in [0.2, 0.25) is 10.0 Å². The van der Waals surface area contributed by atoms with Crippen molar-refractivity contribution in [1.29, 1.82) is 0 Å². The summed E-state index contributed by atoms with van der Waals surface area (Å²) in [4.78, 5) is 28.1. The summed E-state index contributed by atoms with van der Waals surface area (Å²) >= 11 is 0. The van der Waals surface area contributed by atoms with Gasteiger partial charge in [0.05, 0.1) is 11.5 Å². The summed E-state index contributed by atoms with van der Waals surface area (Å²) in [6.45, 7) is 4.04. The van der Waals surface area contributed by atoms with Gasteiger partial charge in [-0.25, -0.2) is 13.2 Å². The highest BCUT2D eigenvalue weighted by atomic mass is 32.2. The minimum Gasteiger partial charge on any atom is -0.450 e. The number of ether oxygens (including phenoxy) is 1. The topological polar surface area (TPSA) is 87.2 Å². The Morgan fingerprint density at radius 3 is 2.10 bits per heavy atom. The molecule has 0 unspecified atom stereocenters. The van der Waals surface area contributed by atoms with Gasteiger partial charge in [-0.05, 0) is 36.8 Å². The smallest absolute Gasteiger partial charge is 0.409 e. The molecule has 1 fully saturated rings. The summed E-state index contributed by atoms with van der Waals surface area (Å²) in [6.07, 6.45) is -0.353. The Balaban J connectivity index is 1.59. The zero-order chi connectivity index (χ0) is 22.4. The molecule has 31 heavy (non-hydrogen) atoms. The zero-order valence-electron chi connectivity index (χ0n) is 17.7. The fourth-order valence-corrected chi connectivity index (χ4v) is 4.54. The molecule has 1 saturated heterocycles. The van der Waals surface area contributed by atoms with Gasteiger partial charge in [-0.1, -0.05) is 30.3 Å². The van der Waals surface area contributed by atoms with E-state index in [-0.39, 0.29) is 23.4 Å². The summed E-state index contributed by atoms with van der Waals surface area (Å²) in [5.74, 6) is -0.111. The lowest BCUT2D eigenvalue weighted by atomic mass is 10.1. The van der Waals surface area contributed by atoms with Crippen LogP contribution in [0, 0.1) is 0 Å². The van der Waals surface area contributed by atoms with Gasteiger partial charge in [-0.2, -0.15) is 4.31 Å². The van der Waals surface area contributed by atoms with Gasteiger partial charge in [0, 0.05) is 45.3 Å². The second-order valence-corrected chi connectivity index (χ2v) is 9.29. The number of hydrogen-bond acceptors (Lipinski definition) is 5. The Bertz CT molecular complexity index is 1000. The van der Waals surface area contributed by atoms with E-state index in [1.54, 1.807) is 71.3 Å². The van der Waals surface area contributed by atoms with Gasteiger partial charge in [0.1, 0.15) is 0 Å². The van der Waals surface area contributed by atoms with Crippen molar-refractivity contribution < 1.29 is 22.7 Å². The molecule has 0 N–H and O–H groups in total. The summed E-state index contributed by atoms with van der Waals surface area (Å²) in [7, 11) is -2.05. The maximum Gasteiger partial charge on any atom is 0.409 e. The molecular weight excluding hydrogens is 418 g/mol. The molecule has 0 bridgehead atoms. The van der Waals surface area contributed by atoms with E-state index in [0.717, 1.165) is 5.56 Å². The van der Waals surface area contributed by atoms with Crippen molar-refractivity contribution in [1.82, 2.24) is 14.1 Å². The fraction of sp³-hybridized carbons (Fsp3) is 0.364. The lowest BCUT2D eigenvalue weighted by molar-refractivity contribution is 0.0570. The van der Waals surface area contributed by atoms with Crippen LogP contribution < -0.4 is 0 Å². The van der Waals surface area contributed by atoms with Gasteiger partial charge in [-0.15, -0.1) is 0 Å². The number of nitrogens with zero attached hydrogens (tertiary/aromatic N) is 3. The second-order valence-electron chi connectivity index (χ2n) is 7.25. The third-order valence-corrected chi connectivity index (χ3v) is 6.97. The predicted molar refractivity (Wildman–Crippen MR) is 116 cm³/mol. The zero-order valence-corrected chi connectivity index (χ0v) is 18.5. The minimum absolute atomic E-state index is 0.111. The third-order valence-electron chi connectivity index (χ3n) is 5.15. The Morgan fingerprint density at radius 1 is 0.935 bits per heavy atom. The summed E-state index contributed by atoms with van der Waals surface area (Å²) in [5, 5.41) is 0. The Labute approximate surface area is 183 Å². The molecule has 1 aliphatic heterocycles. The molecule has 2 amide bonds. The van der Waals surface area contributed by atoms with Crippen LogP contribution in [-0.4, -0.2) is 74.4 Å². The first-order chi connectivity index (χ1) is 14.8. The van der Waals surface area contributed by atoms with Crippen molar-refractivity contribution in [2.24, 2.45) is 0 Å². The number of piperazine rings is 1. The van der Waals surface area contributed by atoms with Crippen molar-refractivity contribution >= 4 is 22.0 Å². The molecule has 0 radical (unpaired) electrons. The van der Waals surface area contributed by atoms with Crippen LogP contribution in [-0.2, 0) is 21.3 Å². The van der Waals surface area contributed by atoms with E-state index in [9.17, 15) is 18.0 Å². The van der Waals surface area contributed by atoms with Crippen molar-refractivity contribution in [3.8, 4) is 0 Å². The first-order valence-electron chi connectivity index (χ1n) is 10.1. The third kappa shape index (κ3) is 5.42. The number of carbonyl (C=O) groups excluding carboxylic acids is 2. The minimum atomic E-state index is -3.58. The molecule has 3 rings (SSSR count). The number of benzene rings is 2. The van der Waals surface area contributed by atoms with E-state index in [0.29, 0.717) is 38.3 Å². The van der Waals surface area contributed by atoms with E-state index in [2.05, 4.69) is 0 Å². The van der Waals surface area contributed by atoms with Crippen LogP contribution in [0.3, 0.4) is 0 Å². The largest absolute Gasteiger partial charge is 0.450 e. The highest BCUT2D eigenvalue weighted by Crippen LogP contribution is 2.17. The molecule has 0 atom stereocenters. The maximum absolute atomic E-state index is 12.8. The summed E-state index contributed by atoms with van der Waals surface area (Å²) < 4.78 is 31.6. The quantitative estimate of drug-likeness (QED) is 0.682. The van der Waals surface area contributed by atoms with Crippen LogP contribution in [0.1, 0.15) is 22.8 Å². The first kappa shape index (κ1) is 22.8. The highest BCUT2D eigenvalue weighted by molar-refractivity contribution is 7.89. The van der Waals surface area contributed by atoms with Crippen LogP contribution in [0.2, 0.25) is 0 Å². The van der Waals surface area contributed by atoms with Gasteiger partial charge in [0.15, 0.2) is 0 Å². The van der Waals surface area contributed by atoms with Gasteiger partial charge in [0.25, 0.3) is 5.91 Å². The van der Waals surface area contributed by atoms with Gasteiger partial charge < -0.3 is 14.5 Å².